The van der Waals surface area contributed by atoms with Gasteiger partial charge in [0.05, 0.1) is 6.54 Å². The fourth-order valence-electron chi connectivity index (χ4n) is 2.26. The molecule has 0 spiro atoms. The van der Waals surface area contributed by atoms with Gasteiger partial charge in [-0.15, -0.1) is 0 Å². The molecule has 1 N–H and O–H groups in total. The molecule has 2 aromatic rings. The van der Waals surface area contributed by atoms with E-state index in [-0.39, 0.29) is 0 Å². The number of benzene rings is 1. The zero-order chi connectivity index (χ0) is 13.7. The normalized spacial score (nSPS) is 14.3. The van der Waals surface area contributed by atoms with Crippen molar-refractivity contribution in [1.82, 2.24) is 15.1 Å². The Bertz CT molecular complexity index is 479. The highest BCUT2D eigenvalue weighted by atomic mass is 35.5. The summed E-state index contributed by atoms with van der Waals surface area (Å²) in [4.78, 5) is 0. The molecule has 0 bridgehead atoms. The fourth-order valence-corrected chi connectivity index (χ4v) is 2.39. The van der Waals surface area contributed by atoms with Crippen LogP contribution in [0.2, 0.25) is 5.02 Å². The lowest BCUT2D eigenvalue weighted by Crippen LogP contribution is -2.38. The van der Waals surface area contributed by atoms with Crippen LogP contribution in [0.25, 0.3) is 0 Å². The third kappa shape index (κ3) is 4.69. The van der Waals surface area contributed by atoms with Crippen molar-refractivity contribution in [3.8, 4) is 0 Å². The largest absolute Gasteiger partial charge is 0.310 e. The lowest BCUT2D eigenvalue weighted by molar-refractivity contribution is 0.405. The highest BCUT2D eigenvalue weighted by Gasteiger charge is 2.08. The molecule has 1 aromatic carbocycles. The van der Waals surface area contributed by atoms with E-state index in [9.17, 15) is 0 Å². The van der Waals surface area contributed by atoms with Gasteiger partial charge >= 0.3 is 0 Å². The summed E-state index contributed by atoms with van der Waals surface area (Å²) in [5.41, 5.74) is 1.30. The Morgan fingerprint density at radius 3 is 2.58 bits per heavy atom. The van der Waals surface area contributed by atoms with Crippen molar-refractivity contribution < 1.29 is 0 Å². The minimum Gasteiger partial charge on any atom is -0.310 e. The molecule has 0 radical (unpaired) electrons. The fraction of sp³-hybridized carbons (Fsp3) is 0.400. The van der Waals surface area contributed by atoms with Crippen LogP contribution < -0.4 is 5.32 Å². The number of nitrogens with zero attached hydrogens (tertiary/aromatic N) is 2. The third-order valence-corrected chi connectivity index (χ3v) is 3.30. The van der Waals surface area contributed by atoms with Crippen LogP contribution in [0.1, 0.15) is 19.4 Å². The second-order valence-electron chi connectivity index (χ2n) is 5.03. The Morgan fingerprint density at radius 1 is 1.21 bits per heavy atom. The first kappa shape index (κ1) is 14.1. The second kappa shape index (κ2) is 6.73. The van der Waals surface area contributed by atoms with Crippen molar-refractivity contribution in [3.63, 3.8) is 0 Å². The van der Waals surface area contributed by atoms with E-state index in [1.165, 1.54) is 5.56 Å². The molecule has 19 heavy (non-hydrogen) atoms. The minimum absolute atomic E-state index is 0.391. The van der Waals surface area contributed by atoms with E-state index in [4.69, 9.17) is 11.6 Å². The zero-order valence-corrected chi connectivity index (χ0v) is 12.1. The molecule has 0 aliphatic carbocycles. The first-order valence-electron chi connectivity index (χ1n) is 6.61. The summed E-state index contributed by atoms with van der Waals surface area (Å²) in [7, 11) is 0. The summed E-state index contributed by atoms with van der Waals surface area (Å²) >= 11 is 5.89. The molecule has 3 nitrogen and oxygen atoms in total. The highest BCUT2D eigenvalue weighted by Crippen LogP contribution is 2.11. The number of halogens is 1. The molecule has 2 unspecified atom stereocenters. The molecular weight excluding hydrogens is 258 g/mol. The number of aromatic nitrogens is 2. The van der Waals surface area contributed by atoms with Gasteiger partial charge < -0.3 is 5.32 Å². The molecule has 0 fully saturated rings. The van der Waals surface area contributed by atoms with E-state index in [1.807, 2.05) is 35.3 Å². The molecule has 0 saturated heterocycles. The zero-order valence-electron chi connectivity index (χ0n) is 11.4. The Labute approximate surface area is 119 Å². The van der Waals surface area contributed by atoms with Crippen molar-refractivity contribution in [2.75, 3.05) is 0 Å². The lowest BCUT2D eigenvalue weighted by Gasteiger charge is -2.20. The van der Waals surface area contributed by atoms with Crippen molar-refractivity contribution in [2.45, 2.75) is 38.9 Å². The maximum atomic E-state index is 5.89. The predicted molar refractivity (Wildman–Crippen MR) is 79.4 cm³/mol. The average molecular weight is 278 g/mol. The standard InChI is InChI=1S/C15H20ClN3/c1-12(10-14-4-6-15(16)7-5-14)18-13(2)11-19-9-3-8-17-19/h3-9,12-13,18H,10-11H2,1-2H3. The molecule has 0 amide bonds. The quantitative estimate of drug-likeness (QED) is 0.879. The van der Waals surface area contributed by atoms with Crippen LogP contribution in [0.3, 0.4) is 0 Å². The highest BCUT2D eigenvalue weighted by molar-refractivity contribution is 6.30. The molecule has 4 heteroatoms. The minimum atomic E-state index is 0.391. The molecule has 0 saturated carbocycles. The maximum Gasteiger partial charge on any atom is 0.0560 e. The SMILES string of the molecule is CC(Cc1ccc(Cl)cc1)NC(C)Cn1cccn1. The van der Waals surface area contributed by atoms with Crippen LogP contribution in [-0.4, -0.2) is 21.9 Å². The summed E-state index contributed by atoms with van der Waals surface area (Å²) in [5, 5.41) is 8.59. The number of rotatable bonds is 6. The van der Waals surface area contributed by atoms with E-state index in [0.717, 1.165) is 18.0 Å². The van der Waals surface area contributed by atoms with Gasteiger partial charge in [0.1, 0.15) is 0 Å². The topological polar surface area (TPSA) is 29.9 Å². The Kier molecular flexibility index (Phi) is 5.00. The maximum absolute atomic E-state index is 5.89. The Hall–Kier alpha value is -1.32. The van der Waals surface area contributed by atoms with Gasteiger partial charge in [-0.2, -0.15) is 5.10 Å². The summed E-state index contributed by atoms with van der Waals surface area (Å²) in [6, 6.07) is 10.8. The number of nitrogens with one attached hydrogen (secondary N) is 1. The summed E-state index contributed by atoms with van der Waals surface area (Å²) in [6.45, 7) is 5.27. The van der Waals surface area contributed by atoms with Gasteiger partial charge in [-0.05, 0) is 44.0 Å². The van der Waals surface area contributed by atoms with Gasteiger partial charge in [-0.25, -0.2) is 0 Å². The monoisotopic (exact) mass is 277 g/mol. The van der Waals surface area contributed by atoms with Gasteiger partial charge in [0, 0.05) is 29.5 Å². The second-order valence-corrected chi connectivity index (χ2v) is 5.46. The molecule has 2 rings (SSSR count). The predicted octanol–water partition coefficient (Wildman–Crippen LogP) is 3.15. The summed E-state index contributed by atoms with van der Waals surface area (Å²) in [5.74, 6) is 0. The molecular formula is C15H20ClN3. The third-order valence-electron chi connectivity index (χ3n) is 3.04. The van der Waals surface area contributed by atoms with Gasteiger partial charge in [-0.3, -0.25) is 4.68 Å². The molecule has 1 heterocycles. The van der Waals surface area contributed by atoms with Crippen LogP contribution in [0.15, 0.2) is 42.7 Å². The first-order chi connectivity index (χ1) is 9.13. The van der Waals surface area contributed by atoms with Crippen molar-refractivity contribution in [2.24, 2.45) is 0 Å². The van der Waals surface area contributed by atoms with E-state index in [2.05, 4.69) is 36.4 Å². The van der Waals surface area contributed by atoms with E-state index >= 15 is 0 Å². The average Bonchev–Trinajstić information content (AvgIpc) is 2.84. The van der Waals surface area contributed by atoms with E-state index in [0.29, 0.717) is 12.1 Å². The van der Waals surface area contributed by atoms with Crippen molar-refractivity contribution in [1.29, 1.82) is 0 Å². The number of hydrogen-bond acceptors (Lipinski definition) is 2. The number of hydrogen-bond donors (Lipinski definition) is 1. The van der Waals surface area contributed by atoms with Gasteiger partial charge in [-0.1, -0.05) is 23.7 Å². The van der Waals surface area contributed by atoms with Crippen LogP contribution >= 0.6 is 11.6 Å². The van der Waals surface area contributed by atoms with Gasteiger partial charge in [0.2, 0.25) is 0 Å². The Balaban J connectivity index is 1.80. The van der Waals surface area contributed by atoms with Crippen LogP contribution in [0.5, 0.6) is 0 Å². The van der Waals surface area contributed by atoms with Crippen LogP contribution in [0, 0.1) is 0 Å². The molecule has 0 aliphatic rings. The molecule has 0 aliphatic heterocycles. The van der Waals surface area contributed by atoms with Crippen molar-refractivity contribution in [3.05, 3.63) is 53.3 Å². The van der Waals surface area contributed by atoms with E-state index < -0.39 is 0 Å². The summed E-state index contributed by atoms with van der Waals surface area (Å²) < 4.78 is 1.95. The van der Waals surface area contributed by atoms with Crippen LogP contribution in [0.4, 0.5) is 0 Å². The Morgan fingerprint density at radius 2 is 1.95 bits per heavy atom. The molecule has 1 aromatic heterocycles. The van der Waals surface area contributed by atoms with Gasteiger partial charge in [0.25, 0.3) is 0 Å². The lowest BCUT2D eigenvalue weighted by atomic mass is 10.1. The van der Waals surface area contributed by atoms with Crippen LogP contribution in [-0.2, 0) is 13.0 Å². The van der Waals surface area contributed by atoms with E-state index in [1.54, 1.807) is 0 Å². The summed E-state index contributed by atoms with van der Waals surface area (Å²) in [6.07, 6.45) is 4.80. The van der Waals surface area contributed by atoms with Crippen molar-refractivity contribution >= 4 is 11.6 Å². The molecule has 102 valence electrons. The first-order valence-corrected chi connectivity index (χ1v) is 6.99. The molecule has 2 atom stereocenters. The smallest absolute Gasteiger partial charge is 0.0560 e. The van der Waals surface area contributed by atoms with Gasteiger partial charge in [0.15, 0.2) is 0 Å².